The number of hydrogen-bond acceptors (Lipinski definition) is 6. The van der Waals surface area contributed by atoms with Crippen LogP contribution in [0.15, 0.2) is 36.9 Å². The van der Waals surface area contributed by atoms with E-state index in [4.69, 9.17) is 9.47 Å². The molecule has 0 atom stereocenters. The maximum absolute atomic E-state index is 12.2. The van der Waals surface area contributed by atoms with Gasteiger partial charge in [-0.3, -0.25) is 4.79 Å². The minimum atomic E-state index is -3.47. The Morgan fingerprint density at radius 1 is 1.22 bits per heavy atom. The largest absolute Gasteiger partial charge is 0.497 e. The number of aryl methyl sites for hydroxylation is 1. The second kappa shape index (κ2) is 9.93. The SMILES string of the molecule is COc1ccc(C(=O)NCCS(=O)(=O)NCCCn2ccnc2)c(OC)c1. The Morgan fingerprint density at radius 2 is 2.04 bits per heavy atom. The van der Waals surface area contributed by atoms with Gasteiger partial charge in [0.1, 0.15) is 11.5 Å². The van der Waals surface area contributed by atoms with Gasteiger partial charge in [-0.1, -0.05) is 0 Å². The van der Waals surface area contributed by atoms with Crippen molar-refractivity contribution in [3.05, 3.63) is 42.5 Å². The summed E-state index contributed by atoms with van der Waals surface area (Å²) in [5, 5.41) is 2.59. The molecule has 0 unspecified atom stereocenters. The van der Waals surface area contributed by atoms with E-state index in [1.54, 1.807) is 30.7 Å². The number of benzene rings is 1. The van der Waals surface area contributed by atoms with Crippen molar-refractivity contribution in [2.45, 2.75) is 13.0 Å². The molecule has 148 valence electrons. The first-order valence-corrected chi connectivity index (χ1v) is 10.0. The predicted octanol–water partition coefficient (Wildman–Crippen LogP) is 0.640. The van der Waals surface area contributed by atoms with Crippen LogP contribution in [0.25, 0.3) is 0 Å². The van der Waals surface area contributed by atoms with Gasteiger partial charge in [0, 0.05) is 38.1 Å². The lowest BCUT2D eigenvalue weighted by molar-refractivity contribution is 0.0953. The highest BCUT2D eigenvalue weighted by atomic mass is 32.2. The molecule has 0 fully saturated rings. The first-order chi connectivity index (χ1) is 12.9. The topological polar surface area (TPSA) is 112 Å². The first kappa shape index (κ1) is 20.7. The Kier molecular flexibility index (Phi) is 7.62. The molecule has 0 aliphatic carbocycles. The van der Waals surface area contributed by atoms with E-state index < -0.39 is 15.9 Å². The first-order valence-electron chi connectivity index (χ1n) is 8.38. The van der Waals surface area contributed by atoms with Crippen LogP contribution in [0.3, 0.4) is 0 Å². The molecule has 0 saturated carbocycles. The summed E-state index contributed by atoms with van der Waals surface area (Å²) in [6.07, 6.45) is 5.81. The van der Waals surface area contributed by atoms with E-state index in [9.17, 15) is 13.2 Å². The number of carbonyl (C=O) groups is 1. The summed E-state index contributed by atoms with van der Waals surface area (Å²) in [6.45, 7) is 0.988. The second-order valence-corrected chi connectivity index (χ2v) is 7.62. The van der Waals surface area contributed by atoms with Crippen molar-refractivity contribution >= 4 is 15.9 Å². The lowest BCUT2D eigenvalue weighted by Crippen LogP contribution is -2.35. The minimum Gasteiger partial charge on any atom is -0.497 e. The van der Waals surface area contributed by atoms with E-state index >= 15 is 0 Å². The van der Waals surface area contributed by atoms with Gasteiger partial charge in [0.05, 0.1) is 31.9 Å². The van der Waals surface area contributed by atoms with Gasteiger partial charge in [-0.2, -0.15) is 0 Å². The van der Waals surface area contributed by atoms with Gasteiger partial charge >= 0.3 is 0 Å². The summed E-state index contributed by atoms with van der Waals surface area (Å²) in [7, 11) is -0.504. The Balaban J connectivity index is 1.76. The Morgan fingerprint density at radius 3 is 2.70 bits per heavy atom. The third kappa shape index (κ3) is 6.57. The maximum atomic E-state index is 12.2. The molecule has 0 bridgehead atoms. The molecule has 0 spiro atoms. The molecule has 1 amide bonds. The smallest absolute Gasteiger partial charge is 0.255 e. The molecular weight excluding hydrogens is 372 g/mol. The fourth-order valence-electron chi connectivity index (χ4n) is 2.36. The zero-order valence-electron chi connectivity index (χ0n) is 15.3. The highest BCUT2D eigenvalue weighted by molar-refractivity contribution is 7.89. The number of nitrogens with zero attached hydrogens (tertiary/aromatic N) is 2. The minimum absolute atomic E-state index is 0.00906. The molecule has 0 aliphatic rings. The summed E-state index contributed by atoms with van der Waals surface area (Å²) in [4.78, 5) is 16.2. The van der Waals surface area contributed by atoms with Crippen molar-refractivity contribution in [2.75, 3.05) is 33.1 Å². The van der Waals surface area contributed by atoms with Crippen LogP contribution in [0.4, 0.5) is 0 Å². The van der Waals surface area contributed by atoms with Gasteiger partial charge in [0.2, 0.25) is 10.0 Å². The third-order valence-corrected chi connectivity index (χ3v) is 5.17. The summed E-state index contributed by atoms with van der Waals surface area (Å²) in [6, 6.07) is 4.79. The van der Waals surface area contributed by atoms with Crippen LogP contribution in [0.1, 0.15) is 16.8 Å². The monoisotopic (exact) mass is 396 g/mol. The van der Waals surface area contributed by atoms with Crippen LogP contribution in [-0.4, -0.2) is 56.9 Å². The summed E-state index contributed by atoms with van der Waals surface area (Å²) in [5.74, 6) is 0.297. The number of hydrogen-bond donors (Lipinski definition) is 2. The summed E-state index contributed by atoms with van der Waals surface area (Å²) < 4.78 is 38.6. The van der Waals surface area contributed by atoms with Crippen LogP contribution in [-0.2, 0) is 16.6 Å². The van der Waals surface area contributed by atoms with Gasteiger partial charge in [-0.25, -0.2) is 18.1 Å². The van der Waals surface area contributed by atoms with Crippen LogP contribution in [0.5, 0.6) is 11.5 Å². The van der Waals surface area contributed by atoms with Gasteiger partial charge in [0.15, 0.2) is 0 Å². The normalized spacial score (nSPS) is 11.2. The van der Waals surface area contributed by atoms with E-state index in [0.29, 0.717) is 36.6 Å². The highest BCUT2D eigenvalue weighted by Crippen LogP contribution is 2.24. The summed E-state index contributed by atoms with van der Waals surface area (Å²) >= 11 is 0. The van der Waals surface area contributed by atoms with Crippen molar-refractivity contribution in [3.63, 3.8) is 0 Å². The van der Waals surface area contributed by atoms with Gasteiger partial charge in [-0.15, -0.1) is 0 Å². The van der Waals surface area contributed by atoms with Crippen molar-refractivity contribution in [1.82, 2.24) is 19.6 Å². The fraction of sp³-hybridized carbons (Fsp3) is 0.412. The van der Waals surface area contributed by atoms with Crippen molar-refractivity contribution < 1.29 is 22.7 Å². The van der Waals surface area contributed by atoms with Crippen molar-refractivity contribution in [2.24, 2.45) is 0 Å². The molecule has 1 aromatic carbocycles. The number of aromatic nitrogens is 2. The molecule has 1 heterocycles. The average Bonchev–Trinajstić information content (AvgIpc) is 3.18. The van der Waals surface area contributed by atoms with E-state index in [0.717, 1.165) is 0 Å². The molecule has 10 heteroatoms. The van der Waals surface area contributed by atoms with E-state index in [-0.39, 0.29) is 12.3 Å². The molecule has 2 aromatic rings. The number of methoxy groups -OCH3 is 2. The van der Waals surface area contributed by atoms with E-state index in [2.05, 4.69) is 15.0 Å². The van der Waals surface area contributed by atoms with Crippen molar-refractivity contribution in [3.8, 4) is 11.5 Å². The van der Waals surface area contributed by atoms with Crippen LogP contribution >= 0.6 is 0 Å². The van der Waals surface area contributed by atoms with Crippen LogP contribution in [0.2, 0.25) is 0 Å². The fourth-order valence-corrected chi connectivity index (χ4v) is 3.33. The number of sulfonamides is 1. The number of imidazole rings is 1. The highest BCUT2D eigenvalue weighted by Gasteiger charge is 2.15. The number of carbonyl (C=O) groups excluding carboxylic acids is 1. The molecule has 0 saturated heterocycles. The second-order valence-electron chi connectivity index (χ2n) is 5.69. The third-order valence-electron chi connectivity index (χ3n) is 3.78. The number of rotatable bonds is 11. The van der Waals surface area contributed by atoms with Gasteiger partial charge in [0.25, 0.3) is 5.91 Å². The van der Waals surface area contributed by atoms with Crippen LogP contribution in [0, 0.1) is 0 Å². The van der Waals surface area contributed by atoms with Gasteiger partial charge < -0.3 is 19.4 Å². The Hall–Kier alpha value is -2.59. The molecule has 0 aliphatic heterocycles. The quantitative estimate of drug-likeness (QED) is 0.539. The Bertz CT molecular complexity index is 837. The van der Waals surface area contributed by atoms with Crippen molar-refractivity contribution in [1.29, 1.82) is 0 Å². The number of nitrogens with one attached hydrogen (secondary N) is 2. The molecule has 9 nitrogen and oxygen atoms in total. The lowest BCUT2D eigenvalue weighted by atomic mass is 10.2. The molecule has 1 aromatic heterocycles. The molecule has 0 radical (unpaired) electrons. The van der Waals surface area contributed by atoms with E-state index in [1.165, 1.54) is 14.2 Å². The van der Waals surface area contributed by atoms with Gasteiger partial charge in [-0.05, 0) is 18.6 Å². The molecule has 27 heavy (non-hydrogen) atoms. The maximum Gasteiger partial charge on any atom is 0.255 e. The van der Waals surface area contributed by atoms with E-state index in [1.807, 2.05) is 10.8 Å². The molecule has 2 N–H and O–H groups in total. The predicted molar refractivity (Wildman–Crippen MR) is 101 cm³/mol. The number of amides is 1. The zero-order chi connectivity index (χ0) is 19.7. The Labute approximate surface area is 158 Å². The summed E-state index contributed by atoms with van der Waals surface area (Å²) in [5.41, 5.74) is 0.309. The number of ether oxygens (including phenoxy) is 2. The molecular formula is C17H24N4O5S. The lowest BCUT2D eigenvalue weighted by Gasteiger charge is -2.11. The standard InChI is InChI=1S/C17H24N4O5S/c1-25-14-4-5-15(16(12-14)26-2)17(22)19-8-11-27(23,24)20-6-3-9-21-10-7-18-13-21/h4-5,7,10,12-13,20H,3,6,8-9,11H2,1-2H3,(H,19,22). The molecule has 2 rings (SSSR count). The van der Waals surface area contributed by atoms with Crippen LogP contribution < -0.4 is 19.5 Å². The zero-order valence-corrected chi connectivity index (χ0v) is 16.2. The average molecular weight is 396 g/mol.